The summed E-state index contributed by atoms with van der Waals surface area (Å²) in [4.78, 5) is 10.9. The molecule has 0 atom stereocenters. The van der Waals surface area contributed by atoms with Crippen LogP contribution in [0.1, 0.15) is 15.9 Å². The molecule has 0 spiro atoms. The summed E-state index contributed by atoms with van der Waals surface area (Å²) in [6, 6.07) is 8.67. The van der Waals surface area contributed by atoms with Crippen molar-refractivity contribution in [1.29, 1.82) is 0 Å². The first-order valence-electron chi connectivity index (χ1n) is 5.63. The number of nitrogens with one attached hydrogen (secondary N) is 1. The minimum absolute atomic E-state index is 0.116. The quantitative estimate of drug-likeness (QED) is 0.741. The van der Waals surface area contributed by atoms with Crippen LogP contribution in [0.15, 0.2) is 36.4 Å². The first-order chi connectivity index (χ1) is 8.97. The van der Waals surface area contributed by atoms with Crippen molar-refractivity contribution in [3.63, 3.8) is 0 Å². The van der Waals surface area contributed by atoms with E-state index in [0.29, 0.717) is 17.1 Å². The minimum Gasteiger partial charge on any atom is -0.478 e. The Kier molecular flexibility index (Phi) is 3.37. The van der Waals surface area contributed by atoms with Gasteiger partial charge in [-0.15, -0.1) is 0 Å². The summed E-state index contributed by atoms with van der Waals surface area (Å²) in [7, 11) is 0. The van der Waals surface area contributed by atoms with E-state index in [4.69, 9.17) is 10.8 Å². The van der Waals surface area contributed by atoms with Crippen LogP contribution in [0, 0.1) is 12.7 Å². The van der Waals surface area contributed by atoms with Gasteiger partial charge in [0, 0.05) is 5.69 Å². The maximum absolute atomic E-state index is 13.2. The summed E-state index contributed by atoms with van der Waals surface area (Å²) in [6.45, 7) is 1.82. The molecule has 0 unspecified atom stereocenters. The summed E-state index contributed by atoms with van der Waals surface area (Å²) >= 11 is 0. The van der Waals surface area contributed by atoms with Gasteiger partial charge in [-0.25, -0.2) is 9.18 Å². The van der Waals surface area contributed by atoms with Gasteiger partial charge in [-0.3, -0.25) is 0 Å². The topological polar surface area (TPSA) is 75.3 Å². The van der Waals surface area contributed by atoms with Gasteiger partial charge >= 0.3 is 5.97 Å². The molecular formula is C14H13FN2O2. The van der Waals surface area contributed by atoms with Gasteiger partial charge in [0.15, 0.2) is 0 Å². The van der Waals surface area contributed by atoms with E-state index in [1.165, 1.54) is 30.3 Å². The number of hydrogen-bond acceptors (Lipinski definition) is 3. The molecule has 0 saturated heterocycles. The second-order valence-electron chi connectivity index (χ2n) is 4.19. The third-order valence-electron chi connectivity index (χ3n) is 2.77. The van der Waals surface area contributed by atoms with Gasteiger partial charge in [0.2, 0.25) is 0 Å². The molecule has 2 rings (SSSR count). The van der Waals surface area contributed by atoms with Crippen molar-refractivity contribution < 1.29 is 14.3 Å². The highest BCUT2D eigenvalue weighted by Gasteiger charge is 2.08. The molecule has 2 aromatic rings. The number of carboxylic acids is 1. The zero-order chi connectivity index (χ0) is 14.0. The van der Waals surface area contributed by atoms with E-state index >= 15 is 0 Å². The number of aryl methyl sites for hydroxylation is 1. The molecule has 2 aromatic carbocycles. The zero-order valence-corrected chi connectivity index (χ0v) is 10.3. The average Bonchev–Trinajstić information content (AvgIpc) is 2.36. The van der Waals surface area contributed by atoms with Gasteiger partial charge in [0.25, 0.3) is 0 Å². The maximum atomic E-state index is 13.2. The van der Waals surface area contributed by atoms with Gasteiger partial charge in [0.1, 0.15) is 5.82 Å². The van der Waals surface area contributed by atoms with Crippen molar-refractivity contribution in [2.75, 3.05) is 11.1 Å². The summed E-state index contributed by atoms with van der Waals surface area (Å²) in [5, 5.41) is 11.9. The number of aromatic carboxylic acids is 1. The van der Waals surface area contributed by atoms with Crippen LogP contribution < -0.4 is 11.1 Å². The molecule has 98 valence electrons. The monoisotopic (exact) mass is 260 g/mol. The number of anilines is 3. The molecule has 5 heteroatoms. The SMILES string of the molecule is Cc1ccc(F)cc1Nc1cc(C(=O)O)ccc1N. The lowest BCUT2D eigenvalue weighted by Gasteiger charge is -2.12. The highest BCUT2D eigenvalue weighted by molar-refractivity contribution is 5.91. The van der Waals surface area contributed by atoms with Crippen LogP contribution in [0.4, 0.5) is 21.5 Å². The predicted octanol–water partition coefficient (Wildman–Crippen LogP) is 3.16. The Labute approximate surface area is 109 Å². The molecule has 0 radical (unpaired) electrons. The normalized spacial score (nSPS) is 10.2. The fraction of sp³-hybridized carbons (Fsp3) is 0.0714. The number of carboxylic acid groups (broad SMARTS) is 1. The Hall–Kier alpha value is -2.56. The smallest absolute Gasteiger partial charge is 0.335 e. The van der Waals surface area contributed by atoms with E-state index in [-0.39, 0.29) is 11.4 Å². The highest BCUT2D eigenvalue weighted by atomic mass is 19.1. The summed E-state index contributed by atoms with van der Waals surface area (Å²) < 4.78 is 13.2. The fourth-order valence-electron chi connectivity index (χ4n) is 1.67. The number of hydrogen-bond donors (Lipinski definition) is 3. The Bertz CT molecular complexity index is 641. The van der Waals surface area contributed by atoms with E-state index in [1.54, 1.807) is 6.07 Å². The van der Waals surface area contributed by atoms with Crippen LogP contribution in [-0.4, -0.2) is 11.1 Å². The molecule has 0 fully saturated rings. The van der Waals surface area contributed by atoms with Crippen LogP contribution in [0.5, 0.6) is 0 Å². The average molecular weight is 260 g/mol. The molecule has 0 heterocycles. The molecule has 4 nitrogen and oxygen atoms in total. The molecule has 19 heavy (non-hydrogen) atoms. The third-order valence-corrected chi connectivity index (χ3v) is 2.77. The van der Waals surface area contributed by atoms with E-state index in [9.17, 15) is 9.18 Å². The largest absolute Gasteiger partial charge is 0.478 e. The molecule has 0 aliphatic rings. The molecule has 0 aromatic heterocycles. The Morgan fingerprint density at radius 3 is 2.63 bits per heavy atom. The van der Waals surface area contributed by atoms with Gasteiger partial charge < -0.3 is 16.2 Å². The Balaban J connectivity index is 2.40. The van der Waals surface area contributed by atoms with Crippen LogP contribution >= 0.6 is 0 Å². The molecular weight excluding hydrogens is 247 g/mol. The van der Waals surface area contributed by atoms with Gasteiger partial charge in [-0.1, -0.05) is 6.07 Å². The number of carbonyl (C=O) groups is 1. The van der Waals surface area contributed by atoms with Crippen LogP contribution in [-0.2, 0) is 0 Å². The summed E-state index contributed by atoms with van der Waals surface area (Å²) in [6.07, 6.45) is 0. The molecule has 4 N–H and O–H groups in total. The summed E-state index contributed by atoms with van der Waals surface area (Å²) in [5.74, 6) is -1.42. The van der Waals surface area contributed by atoms with Gasteiger partial charge in [0.05, 0.1) is 16.9 Å². The first-order valence-corrected chi connectivity index (χ1v) is 5.63. The maximum Gasteiger partial charge on any atom is 0.335 e. The van der Waals surface area contributed by atoms with Gasteiger partial charge in [-0.2, -0.15) is 0 Å². The standard InChI is InChI=1S/C14H13FN2O2/c1-8-2-4-10(15)7-12(8)17-13-6-9(14(18)19)3-5-11(13)16/h2-7,17H,16H2,1H3,(H,18,19). The van der Waals surface area contributed by atoms with Crippen molar-refractivity contribution in [2.45, 2.75) is 6.92 Å². The number of rotatable bonds is 3. The lowest BCUT2D eigenvalue weighted by Crippen LogP contribution is -2.02. The van der Waals surface area contributed by atoms with E-state index in [0.717, 1.165) is 5.56 Å². The number of benzene rings is 2. The number of nitrogens with two attached hydrogens (primary N) is 1. The minimum atomic E-state index is -1.04. The van der Waals surface area contributed by atoms with Crippen molar-refractivity contribution in [2.24, 2.45) is 0 Å². The molecule has 0 amide bonds. The predicted molar refractivity (Wildman–Crippen MR) is 72.2 cm³/mol. The molecule has 0 aliphatic carbocycles. The fourth-order valence-corrected chi connectivity index (χ4v) is 1.67. The molecule has 0 bridgehead atoms. The van der Waals surface area contributed by atoms with Gasteiger partial charge in [-0.05, 0) is 42.8 Å². The van der Waals surface area contributed by atoms with Crippen LogP contribution in [0.2, 0.25) is 0 Å². The van der Waals surface area contributed by atoms with Crippen LogP contribution in [0.3, 0.4) is 0 Å². The second kappa shape index (κ2) is 4.97. The number of halogens is 1. The van der Waals surface area contributed by atoms with Crippen molar-refractivity contribution >= 4 is 23.0 Å². The zero-order valence-electron chi connectivity index (χ0n) is 10.3. The van der Waals surface area contributed by atoms with Crippen molar-refractivity contribution in [3.8, 4) is 0 Å². The Morgan fingerprint density at radius 1 is 1.21 bits per heavy atom. The lowest BCUT2D eigenvalue weighted by molar-refractivity contribution is 0.0697. The molecule has 0 aliphatic heterocycles. The second-order valence-corrected chi connectivity index (χ2v) is 4.19. The number of nitrogen functional groups attached to an aromatic ring is 1. The molecule has 0 saturated carbocycles. The van der Waals surface area contributed by atoms with E-state index in [2.05, 4.69) is 5.32 Å². The van der Waals surface area contributed by atoms with E-state index in [1.807, 2.05) is 6.92 Å². The summed E-state index contributed by atoms with van der Waals surface area (Å²) in [5.41, 5.74) is 8.11. The third kappa shape index (κ3) is 2.82. The van der Waals surface area contributed by atoms with Crippen molar-refractivity contribution in [3.05, 3.63) is 53.3 Å². The van der Waals surface area contributed by atoms with E-state index < -0.39 is 5.97 Å². The highest BCUT2D eigenvalue weighted by Crippen LogP contribution is 2.26. The Morgan fingerprint density at radius 2 is 1.95 bits per heavy atom. The lowest BCUT2D eigenvalue weighted by atomic mass is 10.1. The van der Waals surface area contributed by atoms with Crippen molar-refractivity contribution in [1.82, 2.24) is 0 Å². The first kappa shape index (κ1) is 12.9. The van der Waals surface area contributed by atoms with Crippen LogP contribution in [0.25, 0.3) is 0 Å².